The summed E-state index contributed by atoms with van der Waals surface area (Å²) in [5.74, 6) is 0. The summed E-state index contributed by atoms with van der Waals surface area (Å²) in [4.78, 5) is 2.15. The highest BCUT2D eigenvalue weighted by Crippen LogP contribution is 2.31. The number of likely N-dealkylation sites (tertiary alicyclic amines) is 1. The molecule has 0 spiro atoms. The monoisotopic (exact) mass is 343 g/mol. The quantitative estimate of drug-likeness (QED) is 0.820. The second-order valence-electron chi connectivity index (χ2n) is 6.21. The van der Waals surface area contributed by atoms with Crippen molar-refractivity contribution in [2.75, 3.05) is 18.4 Å². The third-order valence-corrected chi connectivity index (χ3v) is 4.62. The second-order valence-corrected chi connectivity index (χ2v) is 6.59. The summed E-state index contributed by atoms with van der Waals surface area (Å²) in [5, 5.41) is 7.35. The molecular weight excluding hydrogens is 323 g/mol. The number of alkyl halides is 3. The predicted octanol–water partition coefficient (Wildman–Crippen LogP) is 3.62. The lowest BCUT2D eigenvalue weighted by atomic mass is 10.0. The van der Waals surface area contributed by atoms with E-state index in [1.54, 1.807) is 6.07 Å². The first-order chi connectivity index (χ1) is 10.9. The minimum absolute atomic E-state index is 0.179. The van der Waals surface area contributed by atoms with Crippen molar-refractivity contribution in [3.05, 3.63) is 29.8 Å². The molecule has 1 saturated heterocycles. The average molecular weight is 343 g/mol. The number of piperidine rings is 1. The molecule has 1 saturated carbocycles. The molecule has 1 aliphatic carbocycles. The predicted molar refractivity (Wildman–Crippen MR) is 88.4 cm³/mol. The lowest BCUT2D eigenvalue weighted by Gasteiger charge is -2.34. The summed E-state index contributed by atoms with van der Waals surface area (Å²) >= 11 is 5.39. The number of halogens is 3. The summed E-state index contributed by atoms with van der Waals surface area (Å²) in [5.41, 5.74) is -0.0910. The summed E-state index contributed by atoms with van der Waals surface area (Å²) in [6.07, 6.45) is -0.200. The maximum atomic E-state index is 12.7. The number of hydrogen-bond donors (Lipinski definition) is 2. The number of nitrogens with one attached hydrogen (secondary N) is 2. The maximum absolute atomic E-state index is 12.7. The smallest absolute Gasteiger partial charge is 0.382 e. The van der Waals surface area contributed by atoms with Crippen molar-refractivity contribution >= 4 is 23.0 Å². The summed E-state index contributed by atoms with van der Waals surface area (Å²) in [7, 11) is 0. The van der Waals surface area contributed by atoms with Crippen LogP contribution in [0.4, 0.5) is 18.9 Å². The molecule has 2 aliphatic rings. The van der Waals surface area contributed by atoms with E-state index in [1.165, 1.54) is 25.0 Å². The lowest BCUT2D eigenvalue weighted by Crippen LogP contribution is -2.47. The van der Waals surface area contributed by atoms with E-state index >= 15 is 0 Å². The van der Waals surface area contributed by atoms with Crippen LogP contribution < -0.4 is 10.6 Å². The van der Waals surface area contributed by atoms with Gasteiger partial charge in [0.25, 0.3) is 0 Å². The Labute approximate surface area is 139 Å². The Morgan fingerprint density at radius 2 is 1.78 bits per heavy atom. The number of rotatable bonds is 3. The van der Waals surface area contributed by atoms with Crippen molar-refractivity contribution < 1.29 is 13.2 Å². The molecule has 1 aromatic rings. The van der Waals surface area contributed by atoms with E-state index in [1.807, 2.05) is 0 Å². The SMILES string of the molecule is FC(F)(F)c1cccc(NC2CCN(C(=S)NC3CC3)CC2)c1. The normalized spacial score (nSPS) is 19.5. The molecule has 3 rings (SSSR count). The molecule has 1 aromatic carbocycles. The van der Waals surface area contributed by atoms with E-state index in [-0.39, 0.29) is 6.04 Å². The molecule has 3 nitrogen and oxygen atoms in total. The molecule has 2 N–H and O–H groups in total. The molecule has 2 fully saturated rings. The Bertz CT molecular complexity index is 564. The number of thiocarbonyl (C=S) groups is 1. The van der Waals surface area contributed by atoms with Crippen LogP contribution in [0.3, 0.4) is 0 Å². The molecule has 1 aliphatic heterocycles. The van der Waals surface area contributed by atoms with Crippen LogP contribution in [0.2, 0.25) is 0 Å². The van der Waals surface area contributed by atoms with Gasteiger partial charge in [-0.1, -0.05) is 6.07 Å². The number of hydrogen-bond acceptors (Lipinski definition) is 2. The van der Waals surface area contributed by atoms with E-state index in [9.17, 15) is 13.2 Å². The van der Waals surface area contributed by atoms with Gasteiger partial charge < -0.3 is 15.5 Å². The van der Waals surface area contributed by atoms with Gasteiger partial charge >= 0.3 is 6.18 Å². The molecule has 126 valence electrons. The summed E-state index contributed by atoms with van der Waals surface area (Å²) < 4.78 is 38.2. The molecule has 23 heavy (non-hydrogen) atoms. The third-order valence-electron chi connectivity index (χ3n) is 4.25. The minimum Gasteiger partial charge on any atom is -0.382 e. The van der Waals surface area contributed by atoms with E-state index < -0.39 is 11.7 Å². The number of nitrogens with zero attached hydrogens (tertiary/aromatic N) is 1. The lowest BCUT2D eigenvalue weighted by molar-refractivity contribution is -0.137. The van der Waals surface area contributed by atoms with Gasteiger partial charge in [-0.25, -0.2) is 0 Å². The maximum Gasteiger partial charge on any atom is 0.416 e. The van der Waals surface area contributed by atoms with Crippen LogP contribution in [-0.4, -0.2) is 35.2 Å². The molecule has 0 amide bonds. The summed E-state index contributed by atoms with van der Waals surface area (Å²) in [6, 6.07) is 6.11. The zero-order chi connectivity index (χ0) is 16.4. The van der Waals surface area contributed by atoms with E-state index in [0.717, 1.165) is 37.1 Å². The van der Waals surface area contributed by atoms with E-state index in [4.69, 9.17) is 12.2 Å². The Hall–Kier alpha value is -1.50. The largest absolute Gasteiger partial charge is 0.416 e. The van der Waals surface area contributed by atoms with Crippen LogP contribution in [0.5, 0.6) is 0 Å². The van der Waals surface area contributed by atoms with Crippen LogP contribution in [-0.2, 0) is 6.18 Å². The number of anilines is 1. The van der Waals surface area contributed by atoms with Crippen LogP contribution in [0.25, 0.3) is 0 Å². The Morgan fingerprint density at radius 3 is 2.39 bits per heavy atom. The summed E-state index contributed by atoms with van der Waals surface area (Å²) in [6.45, 7) is 1.66. The van der Waals surface area contributed by atoms with Gasteiger partial charge in [-0.15, -0.1) is 0 Å². The van der Waals surface area contributed by atoms with Gasteiger partial charge in [0.2, 0.25) is 0 Å². The van der Waals surface area contributed by atoms with Crippen LogP contribution in [0.1, 0.15) is 31.2 Å². The molecule has 0 bridgehead atoms. The average Bonchev–Trinajstić information content (AvgIpc) is 3.31. The van der Waals surface area contributed by atoms with Gasteiger partial charge in [0.1, 0.15) is 0 Å². The van der Waals surface area contributed by atoms with Crippen molar-refractivity contribution in [2.24, 2.45) is 0 Å². The molecule has 0 unspecified atom stereocenters. The van der Waals surface area contributed by atoms with Crippen molar-refractivity contribution in [3.63, 3.8) is 0 Å². The van der Waals surface area contributed by atoms with Crippen LogP contribution in [0.15, 0.2) is 24.3 Å². The van der Waals surface area contributed by atoms with Crippen LogP contribution >= 0.6 is 12.2 Å². The van der Waals surface area contributed by atoms with E-state index in [0.29, 0.717) is 11.7 Å². The fraction of sp³-hybridized carbons (Fsp3) is 0.562. The minimum atomic E-state index is -4.30. The molecule has 0 aromatic heterocycles. The molecule has 0 radical (unpaired) electrons. The van der Waals surface area contributed by atoms with Gasteiger partial charge in [0, 0.05) is 30.9 Å². The van der Waals surface area contributed by atoms with Crippen molar-refractivity contribution in [1.82, 2.24) is 10.2 Å². The fourth-order valence-electron chi connectivity index (χ4n) is 2.74. The first-order valence-corrected chi connectivity index (χ1v) is 8.32. The third kappa shape index (κ3) is 4.50. The van der Waals surface area contributed by atoms with Gasteiger partial charge in [0.15, 0.2) is 5.11 Å². The molecule has 7 heteroatoms. The zero-order valence-corrected chi connectivity index (χ0v) is 13.5. The highest BCUT2D eigenvalue weighted by atomic mass is 32.1. The van der Waals surface area contributed by atoms with Crippen molar-refractivity contribution in [2.45, 2.75) is 43.9 Å². The van der Waals surface area contributed by atoms with Gasteiger partial charge in [-0.05, 0) is 56.1 Å². The highest BCUT2D eigenvalue weighted by molar-refractivity contribution is 7.80. The number of benzene rings is 1. The Kier molecular flexibility index (Phi) is 4.66. The standard InChI is InChI=1S/C16H20F3N3S/c17-16(18,19)11-2-1-3-14(10-11)20-13-6-8-22(9-7-13)15(23)21-12-4-5-12/h1-3,10,12-13,20H,4-9H2,(H,21,23). The fourth-order valence-corrected chi connectivity index (χ4v) is 3.09. The van der Waals surface area contributed by atoms with Gasteiger partial charge in [0.05, 0.1) is 5.56 Å². The van der Waals surface area contributed by atoms with E-state index in [2.05, 4.69) is 15.5 Å². The van der Waals surface area contributed by atoms with Gasteiger partial charge in [-0.2, -0.15) is 13.2 Å². The van der Waals surface area contributed by atoms with Crippen molar-refractivity contribution in [3.8, 4) is 0 Å². The molecule has 1 heterocycles. The first-order valence-electron chi connectivity index (χ1n) is 7.91. The molecule has 0 atom stereocenters. The highest BCUT2D eigenvalue weighted by Gasteiger charge is 2.31. The van der Waals surface area contributed by atoms with Crippen LogP contribution in [0, 0.1) is 0 Å². The Balaban J connectivity index is 1.51. The zero-order valence-electron chi connectivity index (χ0n) is 12.7. The van der Waals surface area contributed by atoms with Crippen molar-refractivity contribution in [1.29, 1.82) is 0 Å². The molecular formula is C16H20F3N3S. The Morgan fingerprint density at radius 1 is 1.09 bits per heavy atom. The second kappa shape index (κ2) is 6.55. The van der Waals surface area contributed by atoms with Gasteiger partial charge in [-0.3, -0.25) is 0 Å². The first kappa shape index (κ1) is 16.4. The topological polar surface area (TPSA) is 27.3 Å².